The molecule has 6 heteroatoms. The van der Waals surface area contributed by atoms with Gasteiger partial charge in [0.1, 0.15) is 11.4 Å². The summed E-state index contributed by atoms with van der Waals surface area (Å²) in [7, 11) is 0. The number of halogens is 3. The zero-order chi connectivity index (χ0) is 10.0. The van der Waals surface area contributed by atoms with Crippen molar-refractivity contribution in [3.05, 3.63) is 21.0 Å². The zero-order valence-corrected chi connectivity index (χ0v) is 8.49. The molecule has 0 radical (unpaired) electrons. The molecule has 72 valence electrons. The van der Waals surface area contributed by atoms with Crippen LogP contribution >= 0.6 is 22.6 Å². The third-order valence-corrected chi connectivity index (χ3v) is 2.69. The first kappa shape index (κ1) is 10.6. The van der Waals surface area contributed by atoms with Crippen molar-refractivity contribution in [2.45, 2.75) is 13.0 Å². The van der Waals surface area contributed by atoms with Gasteiger partial charge in [0.15, 0.2) is 0 Å². The van der Waals surface area contributed by atoms with Gasteiger partial charge in [-0.15, -0.1) is 0 Å². The fraction of sp³-hybridized carbons (Fsp3) is 0.286. The average Bonchev–Trinajstić information content (AvgIpc) is 2.09. The highest BCUT2D eigenvalue weighted by Gasteiger charge is 2.18. The molecule has 1 heterocycles. The molecule has 1 aromatic rings. The van der Waals surface area contributed by atoms with Gasteiger partial charge in [0.05, 0.1) is 16.4 Å². The van der Waals surface area contributed by atoms with E-state index in [-0.39, 0.29) is 14.9 Å². The van der Waals surface area contributed by atoms with Crippen molar-refractivity contribution in [3.8, 4) is 5.75 Å². The van der Waals surface area contributed by atoms with Gasteiger partial charge in [0, 0.05) is 5.56 Å². The average molecular weight is 301 g/mol. The second-order valence-electron chi connectivity index (χ2n) is 2.28. The van der Waals surface area contributed by atoms with Crippen LogP contribution in [0.2, 0.25) is 0 Å². The number of rotatable bonds is 2. The zero-order valence-electron chi connectivity index (χ0n) is 6.34. The lowest BCUT2D eigenvalue weighted by atomic mass is 10.2. The van der Waals surface area contributed by atoms with Gasteiger partial charge in [-0.05, 0) is 22.6 Å². The van der Waals surface area contributed by atoms with Crippen LogP contribution in [0.5, 0.6) is 5.75 Å². The van der Waals surface area contributed by atoms with Gasteiger partial charge in [-0.3, -0.25) is 4.98 Å². The number of alkyl halides is 2. The van der Waals surface area contributed by atoms with E-state index in [4.69, 9.17) is 10.2 Å². The molecule has 0 spiro atoms. The molecule has 0 aliphatic carbocycles. The molecule has 0 aliphatic rings. The number of aliphatic hydroxyl groups is 1. The molecule has 0 bridgehead atoms. The van der Waals surface area contributed by atoms with Crippen LogP contribution in [-0.4, -0.2) is 15.2 Å². The maximum Gasteiger partial charge on any atom is 0.280 e. The van der Waals surface area contributed by atoms with Crippen LogP contribution in [0.1, 0.15) is 17.7 Å². The Balaban J connectivity index is 3.30. The number of aromatic hydroxyl groups is 1. The molecule has 13 heavy (non-hydrogen) atoms. The molecular weight excluding hydrogens is 295 g/mol. The predicted octanol–water partition coefficient (Wildman–Crippen LogP) is 1.82. The van der Waals surface area contributed by atoms with Crippen molar-refractivity contribution >= 4 is 22.6 Å². The minimum Gasteiger partial charge on any atom is -0.505 e. The van der Waals surface area contributed by atoms with Crippen LogP contribution in [0.3, 0.4) is 0 Å². The molecule has 0 saturated heterocycles. The summed E-state index contributed by atoms with van der Waals surface area (Å²) in [6.45, 7) is -0.556. The van der Waals surface area contributed by atoms with Gasteiger partial charge >= 0.3 is 0 Å². The van der Waals surface area contributed by atoms with Crippen LogP contribution in [0, 0.1) is 3.57 Å². The van der Waals surface area contributed by atoms with Crippen LogP contribution < -0.4 is 0 Å². The minimum atomic E-state index is -2.74. The maximum atomic E-state index is 12.3. The van der Waals surface area contributed by atoms with E-state index in [9.17, 15) is 8.78 Å². The van der Waals surface area contributed by atoms with Crippen molar-refractivity contribution < 1.29 is 19.0 Å². The molecule has 0 saturated carbocycles. The summed E-state index contributed by atoms with van der Waals surface area (Å²) < 4.78 is 24.7. The number of aromatic nitrogens is 1. The Hall–Kier alpha value is -0.500. The maximum absolute atomic E-state index is 12.3. The van der Waals surface area contributed by atoms with E-state index < -0.39 is 18.7 Å². The Kier molecular flexibility index (Phi) is 3.37. The molecule has 0 aromatic carbocycles. The molecule has 0 amide bonds. The Labute approximate surface area is 86.6 Å². The van der Waals surface area contributed by atoms with Crippen molar-refractivity contribution in [2.24, 2.45) is 0 Å². The Morgan fingerprint density at radius 3 is 2.62 bits per heavy atom. The van der Waals surface area contributed by atoms with E-state index >= 15 is 0 Å². The summed E-state index contributed by atoms with van der Waals surface area (Å²) in [6.07, 6.45) is -1.79. The van der Waals surface area contributed by atoms with E-state index in [0.29, 0.717) is 0 Å². The quantitative estimate of drug-likeness (QED) is 0.819. The van der Waals surface area contributed by atoms with Gasteiger partial charge in [-0.1, -0.05) is 0 Å². The van der Waals surface area contributed by atoms with Crippen LogP contribution in [-0.2, 0) is 6.61 Å². The lowest BCUT2D eigenvalue weighted by Gasteiger charge is -2.08. The smallest absolute Gasteiger partial charge is 0.280 e. The first-order valence-corrected chi connectivity index (χ1v) is 4.41. The first-order chi connectivity index (χ1) is 6.07. The summed E-state index contributed by atoms with van der Waals surface area (Å²) in [5.74, 6) is -0.200. The highest BCUT2D eigenvalue weighted by atomic mass is 127. The lowest BCUT2D eigenvalue weighted by Crippen LogP contribution is -2.01. The van der Waals surface area contributed by atoms with E-state index in [2.05, 4.69) is 4.98 Å². The molecule has 1 rings (SSSR count). The van der Waals surface area contributed by atoms with E-state index in [1.54, 1.807) is 22.6 Å². The summed E-state index contributed by atoms with van der Waals surface area (Å²) in [6, 6.07) is 0. The van der Waals surface area contributed by atoms with E-state index in [1.807, 2.05) is 0 Å². The fourth-order valence-electron chi connectivity index (χ4n) is 0.871. The van der Waals surface area contributed by atoms with E-state index in [0.717, 1.165) is 6.20 Å². The third kappa shape index (κ3) is 2.05. The molecule has 1 aromatic heterocycles. The number of aliphatic hydroxyl groups excluding tert-OH is 1. The standard InChI is InChI=1S/C7H6F2INO2/c8-7(9)6-3(2-12)5(10)4(13)1-11-6/h1,7,12-13H,2H2. The number of hydrogen-bond acceptors (Lipinski definition) is 3. The summed E-state index contributed by atoms with van der Waals surface area (Å²) in [5.41, 5.74) is -0.500. The van der Waals surface area contributed by atoms with Crippen molar-refractivity contribution in [1.82, 2.24) is 4.98 Å². The molecule has 3 nitrogen and oxygen atoms in total. The predicted molar refractivity (Wildman–Crippen MR) is 49.5 cm³/mol. The third-order valence-electron chi connectivity index (χ3n) is 1.49. The lowest BCUT2D eigenvalue weighted by molar-refractivity contribution is 0.141. The van der Waals surface area contributed by atoms with Gasteiger partial charge in [0.25, 0.3) is 6.43 Å². The SMILES string of the molecule is OCc1c(C(F)F)ncc(O)c1I. The van der Waals surface area contributed by atoms with Crippen LogP contribution in [0.25, 0.3) is 0 Å². The molecule has 0 fully saturated rings. The van der Waals surface area contributed by atoms with Crippen LogP contribution in [0.15, 0.2) is 6.20 Å². The highest BCUT2D eigenvalue weighted by Crippen LogP contribution is 2.29. The van der Waals surface area contributed by atoms with Gasteiger partial charge in [0.2, 0.25) is 0 Å². The second kappa shape index (κ2) is 4.14. The van der Waals surface area contributed by atoms with Crippen molar-refractivity contribution in [1.29, 1.82) is 0 Å². The number of nitrogens with zero attached hydrogens (tertiary/aromatic N) is 1. The first-order valence-electron chi connectivity index (χ1n) is 3.33. The Morgan fingerprint density at radius 1 is 1.54 bits per heavy atom. The molecule has 0 atom stereocenters. The molecule has 0 unspecified atom stereocenters. The van der Waals surface area contributed by atoms with E-state index in [1.165, 1.54) is 0 Å². The highest BCUT2D eigenvalue weighted by molar-refractivity contribution is 14.1. The molecule has 0 aliphatic heterocycles. The number of pyridine rings is 1. The molecular formula is C7H6F2INO2. The Morgan fingerprint density at radius 2 is 2.15 bits per heavy atom. The topological polar surface area (TPSA) is 53.4 Å². The van der Waals surface area contributed by atoms with Crippen molar-refractivity contribution in [2.75, 3.05) is 0 Å². The summed E-state index contributed by atoms with van der Waals surface area (Å²) in [4.78, 5) is 3.34. The largest absolute Gasteiger partial charge is 0.505 e. The van der Waals surface area contributed by atoms with Gasteiger partial charge < -0.3 is 10.2 Å². The normalized spacial score (nSPS) is 10.8. The van der Waals surface area contributed by atoms with Gasteiger partial charge in [-0.25, -0.2) is 8.78 Å². The van der Waals surface area contributed by atoms with Crippen LogP contribution in [0.4, 0.5) is 8.78 Å². The minimum absolute atomic E-state index is 0.0180. The van der Waals surface area contributed by atoms with Gasteiger partial charge in [-0.2, -0.15) is 0 Å². The molecule has 2 N–H and O–H groups in total. The fourth-order valence-corrected chi connectivity index (χ4v) is 1.46. The monoisotopic (exact) mass is 301 g/mol. The summed E-state index contributed by atoms with van der Waals surface area (Å²) >= 11 is 1.68. The van der Waals surface area contributed by atoms with Crippen molar-refractivity contribution in [3.63, 3.8) is 0 Å². The Bertz CT molecular complexity index is 320. The second-order valence-corrected chi connectivity index (χ2v) is 3.36. The summed E-state index contributed by atoms with van der Waals surface area (Å²) in [5, 5.41) is 17.9. The number of hydrogen-bond donors (Lipinski definition) is 2.